The minimum absolute atomic E-state index is 0.191. The van der Waals surface area contributed by atoms with Gasteiger partial charge in [-0.2, -0.15) is 79.0 Å². The molecule has 6 bridgehead atoms. The van der Waals surface area contributed by atoms with Gasteiger partial charge in [-0.25, -0.2) is 0 Å². The van der Waals surface area contributed by atoms with Crippen molar-refractivity contribution in [2.75, 3.05) is 0 Å². The molecule has 6 aromatic carbocycles. The molecule has 78 heavy (non-hydrogen) atoms. The van der Waals surface area contributed by atoms with Crippen molar-refractivity contribution >= 4 is 0 Å². The summed E-state index contributed by atoms with van der Waals surface area (Å²) in [5.41, 5.74) is -4.15. The van der Waals surface area contributed by atoms with Crippen LogP contribution in [0.5, 0.6) is 0 Å². The molecule has 0 spiro atoms. The Hall–Kier alpha value is -6.18. The van der Waals surface area contributed by atoms with Crippen LogP contribution < -0.4 is 0 Å². The topological polar surface area (TPSA) is 19.4 Å². The van der Waals surface area contributed by atoms with E-state index in [4.69, 9.17) is 0 Å². The lowest BCUT2D eigenvalue weighted by Gasteiger charge is -2.56. The molecular formula is C54H42F18N6. The molecule has 5 saturated heterocycles. The molecule has 5 fully saturated rings. The van der Waals surface area contributed by atoms with E-state index in [0.29, 0.717) is 33.4 Å². The lowest BCUT2D eigenvalue weighted by molar-refractivity contribution is -0.166. The summed E-state index contributed by atoms with van der Waals surface area (Å²) in [6, 6.07) is 25.0. The molecule has 0 atom stereocenters. The van der Waals surface area contributed by atoms with Gasteiger partial charge in [0.05, 0.1) is 70.4 Å². The average Bonchev–Trinajstić information content (AvgIpc) is 2.88. The fraction of sp³-hybridized carbons (Fsp3) is 0.333. The molecule has 0 amide bonds. The first-order chi connectivity index (χ1) is 36.4. The molecule has 414 valence electrons. The summed E-state index contributed by atoms with van der Waals surface area (Å²) in [4.78, 5) is 11.4. The summed E-state index contributed by atoms with van der Waals surface area (Å²) in [5.74, 6) is 0. The lowest BCUT2D eigenvalue weighted by atomic mass is 10.0. The SMILES string of the molecule is FC(F)(F)c1ccc(CN2C3C4N(Cc5ccc(C(F)(F)F)cc5)C2C2N(Cc5ccc(C(F)(F)F)cc5)C(C(N2Cc2ccc(C(F)(F)F)cc2)N4Cc2ccc(C(F)(F)F)cc2)N3Cc2ccc(C(F)(F)F)cc2)cc1. The fourth-order valence-electron chi connectivity index (χ4n) is 11.3. The molecule has 0 aromatic heterocycles. The van der Waals surface area contributed by atoms with Crippen molar-refractivity contribution < 1.29 is 79.0 Å². The number of piperazine rings is 1. The molecule has 24 heteroatoms. The predicted molar refractivity (Wildman–Crippen MR) is 245 cm³/mol. The van der Waals surface area contributed by atoms with Crippen LogP contribution in [0.3, 0.4) is 0 Å². The first kappa shape index (κ1) is 55.1. The average molecular weight is 1120 g/mol. The summed E-state index contributed by atoms with van der Waals surface area (Å²) < 4.78 is 252. The lowest BCUT2D eigenvalue weighted by Crippen LogP contribution is -2.73. The van der Waals surface area contributed by atoms with Crippen LogP contribution in [-0.4, -0.2) is 66.4 Å². The van der Waals surface area contributed by atoms with Crippen LogP contribution in [-0.2, 0) is 76.3 Å². The van der Waals surface area contributed by atoms with Crippen molar-refractivity contribution in [1.82, 2.24) is 29.4 Å². The van der Waals surface area contributed by atoms with E-state index >= 15 is 0 Å². The second-order valence-corrected chi connectivity index (χ2v) is 19.7. The van der Waals surface area contributed by atoms with Gasteiger partial charge in [-0.1, -0.05) is 72.8 Å². The zero-order valence-corrected chi connectivity index (χ0v) is 40.0. The maximum atomic E-state index is 14.0. The van der Waals surface area contributed by atoms with Crippen molar-refractivity contribution in [1.29, 1.82) is 0 Å². The third-order valence-electron chi connectivity index (χ3n) is 14.8. The van der Waals surface area contributed by atoms with Crippen LogP contribution in [0.2, 0.25) is 0 Å². The Labute approximate surface area is 433 Å². The molecule has 0 saturated carbocycles. The summed E-state index contributed by atoms with van der Waals surface area (Å²) >= 11 is 0. The van der Waals surface area contributed by atoms with E-state index in [1.54, 1.807) is 0 Å². The Balaban J connectivity index is 1.21. The molecule has 5 heterocycles. The van der Waals surface area contributed by atoms with Gasteiger partial charge in [0.15, 0.2) is 0 Å². The first-order valence-corrected chi connectivity index (χ1v) is 23.9. The smallest absolute Gasteiger partial charge is 0.262 e. The highest BCUT2D eigenvalue weighted by atomic mass is 19.4. The zero-order chi connectivity index (χ0) is 56.1. The maximum Gasteiger partial charge on any atom is 0.416 e. The largest absolute Gasteiger partial charge is 0.416 e. The maximum absolute atomic E-state index is 14.0. The quantitative estimate of drug-likeness (QED) is 0.113. The van der Waals surface area contributed by atoms with Crippen molar-refractivity contribution in [2.24, 2.45) is 0 Å². The van der Waals surface area contributed by atoms with E-state index < -0.39 is 107 Å². The Morgan fingerprint density at radius 3 is 0.385 bits per heavy atom. The molecule has 0 aliphatic carbocycles. The van der Waals surface area contributed by atoms with Gasteiger partial charge in [0.25, 0.3) is 0 Å². The van der Waals surface area contributed by atoms with Crippen LogP contribution in [0.4, 0.5) is 79.0 Å². The standard InChI is InChI=1S/C54H42F18N6/c55-49(56,57)37-13-1-31(2-14-37)25-73-43-45-74(26-32-3-15-38(16-4-32)50(58,59)60)46-44(73)76(28-34-7-19-40(20-8-34)52(64,65)66)48(78(46)30-36-11-23-42(24-12-36)54(70,71)72)47(75(43)27-33-5-17-39(18-6-33)51(61,62)63)77(45)29-35-9-21-41(22-10-35)53(67,68)69/h1-24,43-48H,25-30H2. The van der Waals surface area contributed by atoms with Crippen LogP contribution in [0.15, 0.2) is 146 Å². The molecule has 5 aliphatic rings. The van der Waals surface area contributed by atoms with Crippen LogP contribution in [0.25, 0.3) is 0 Å². The Morgan fingerprint density at radius 2 is 0.295 bits per heavy atom. The van der Waals surface area contributed by atoms with Gasteiger partial charge in [-0.05, 0) is 106 Å². The van der Waals surface area contributed by atoms with Crippen molar-refractivity contribution in [3.05, 3.63) is 212 Å². The number of benzene rings is 6. The second-order valence-electron chi connectivity index (χ2n) is 19.7. The third kappa shape index (κ3) is 10.9. The predicted octanol–water partition coefficient (Wildman–Crippen LogP) is 14.1. The van der Waals surface area contributed by atoms with E-state index in [-0.39, 0.29) is 39.3 Å². The van der Waals surface area contributed by atoms with Gasteiger partial charge in [0.1, 0.15) is 0 Å². The Bertz CT molecular complexity index is 2690. The molecule has 6 nitrogen and oxygen atoms in total. The number of rotatable bonds is 12. The molecule has 0 radical (unpaired) electrons. The number of alkyl halides is 18. The van der Waals surface area contributed by atoms with E-state index in [9.17, 15) is 79.0 Å². The van der Waals surface area contributed by atoms with E-state index in [1.807, 2.05) is 29.4 Å². The van der Waals surface area contributed by atoms with Gasteiger partial charge in [0, 0.05) is 39.3 Å². The summed E-state index contributed by atoms with van der Waals surface area (Å²) in [6.45, 7) is -1.16. The Morgan fingerprint density at radius 1 is 0.192 bits per heavy atom. The minimum atomic E-state index is -4.76. The molecular weight excluding hydrogens is 1070 g/mol. The van der Waals surface area contributed by atoms with Gasteiger partial charge < -0.3 is 0 Å². The zero-order valence-electron chi connectivity index (χ0n) is 40.0. The summed E-state index contributed by atoms with van der Waals surface area (Å²) in [5, 5.41) is 0. The highest BCUT2D eigenvalue weighted by Gasteiger charge is 2.71. The van der Waals surface area contributed by atoms with E-state index in [1.165, 1.54) is 72.8 Å². The van der Waals surface area contributed by atoms with Crippen molar-refractivity contribution in [2.45, 2.75) is 113 Å². The van der Waals surface area contributed by atoms with E-state index in [2.05, 4.69) is 0 Å². The van der Waals surface area contributed by atoms with Gasteiger partial charge in [-0.3, -0.25) is 29.4 Å². The van der Waals surface area contributed by atoms with Gasteiger partial charge in [0.2, 0.25) is 0 Å². The normalized spacial score (nSPS) is 23.0. The number of hydrogen-bond donors (Lipinski definition) is 0. The number of hydrogen-bond acceptors (Lipinski definition) is 6. The Kier molecular flexibility index (Phi) is 14.0. The first-order valence-electron chi connectivity index (χ1n) is 23.9. The summed E-state index contributed by atoms with van der Waals surface area (Å²) in [7, 11) is 0. The van der Waals surface area contributed by atoms with Gasteiger partial charge in [-0.15, -0.1) is 0 Å². The van der Waals surface area contributed by atoms with Crippen LogP contribution in [0.1, 0.15) is 66.8 Å². The molecule has 0 unspecified atom stereocenters. The van der Waals surface area contributed by atoms with Crippen LogP contribution in [0, 0.1) is 0 Å². The van der Waals surface area contributed by atoms with Crippen molar-refractivity contribution in [3.8, 4) is 0 Å². The van der Waals surface area contributed by atoms with Gasteiger partial charge >= 0.3 is 37.1 Å². The van der Waals surface area contributed by atoms with Crippen LogP contribution >= 0.6 is 0 Å². The molecule has 5 aliphatic heterocycles. The summed E-state index contributed by atoms with van der Waals surface area (Å²) in [6.07, 6.45) is -34.6. The number of nitrogens with zero attached hydrogens (tertiary/aromatic N) is 6. The van der Waals surface area contributed by atoms with Crippen molar-refractivity contribution in [3.63, 3.8) is 0 Å². The fourth-order valence-corrected chi connectivity index (χ4v) is 11.3. The van der Waals surface area contributed by atoms with E-state index in [0.717, 1.165) is 72.8 Å². The molecule has 6 aromatic rings. The highest BCUT2D eigenvalue weighted by molar-refractivity contribution is 5.34. The highest BCUT2D eigenvalue weighted by Crippen LogP contribution is 2.54. The monoisotopic (exact) mass is 1120 g/mol. The second kappa shape index (κ2) is 19.9. The third-order valence-corrected chi connectivity index (χ3v) is 14.8. The molecule has 0 N–H and O–H groups in total. The number of halogens is 18. The molecule has 11 rings (SSSR count). The minimum Gasteiger partial charge on any atom is -0.262 e.